The smallest absolute Gasteiger partial charge is 0.220 e. The van der Waals surface area contributed by atoms with Crippen molar-refractivity contribution in [1.29, 1.82) is 5.26 Å². The molecule has 1 rings (SSSR count). The molecule has 0 radical (unpaired) electrons. The van der Waals surface area contributed by atoms with Gasteiger partial charge in [-0.05, 0) is 12.1 Å². The summed E-state index contributed by atoms with van der Waals surface area (Å²) in [6.45, 7) is 1.42. The maximum Gasteiger partial charge on any atom is 0.220 e. The van der Waals surface area contributed by atoms with Crippen LogP contribution in [0, 0.1) is 11.3 Å². The fourth-order valence-electron chi connectivity index (χ4n) is 1.59. The van der Waals surface area contributed by atoms with Crippen LogP contribution in [0.5, 0.6) is 11.5 Å². The molecule has 18 heavy (non-hydrogen) atoms. The predicted molar refractivity (Wildman–Crippen MR) is 66.3 cm³/mol. The van der Waals surface area contributed by atoms with Gasteiger partial charge in [0.15, 0.2) is 0 Å². The second-order valence-corrected chi connectivity index (χ2v) is 3.77. The Kier molecular flexibility index (Phi) is 4.55. The lowest BCUT2D eigenvalue weighted by atomic mass is 10.1. The van der Waals surface area contributed by atoms with Gasteiger partial charge in [-0.3, -0.25) is 4.79 Å². The molecular weight excluding hydrogens is 232 g/mol. The summed E-state index contributed by atoms with van der Waals surface area (Å²) >= 11 is 0. The van der Waals surface area contributed by atoms with E-state index in [9.17, 15) is 10.1 Å². The van der Waals surface area contributed by atoms with Gasteiger partial charge in [-0.25, -0.2) is 0 Å². The Morgan fingerprint density at radius 1 is 1.39 bits per heavy atom. The van der Waals surface area contributed by atoms with Crippen molar-refractivity contribution in [3.8, 4) is 17.6 Å². The fourth-order valence-corrected chi connectivity index (χ4v) is 1.59. The van der Waals surface area contributed by atoms with E-state index in [0.29, 0.717) is 17.1 Å². The van der Waals surface area contributed by atoms with Crippen LogP contribution in [-0.4, -0.2) is 32.1 Å². The van der Waals surface area contributed by atoms with Crippen molar-refractivity contribution >= 4 is 5.91 Å². The standard InChI is InChI=1S/C13H16N2O3/c1-9(16)15(2)12(8-14)11-6-5-10(17-3)7-13(11)18-4/h5-7,12H,1-4H3. The van der Waals surface area contributed by atoms with Gasteiger partial charge in [-0.1, -0.05) is 0 Å². The molecular formula is C13H16N2O3. The summed E-state index contributed by atoms with van der Waals surface area (Å²) in [4.78, 5) is 12.7. The molecule has 0 aliphatic carbocycles. The van der Waals surface area contributed by atoms with Crippen LogP contribution in [0.1, 0.15) is 18.5 Å². The van der Waals surface area contributed by atoms with Crippen LogP contribution >= 0.6 is 0 Å². The second kappa shape index (κ2) is 5.92. The maximum atomic E-state index is 11.3. The largest absolute Gasteiger partial charge is 0.497 e. The summed E-state index contributed by atoms with van der Waals surface area (Å²) in [6, 6.07) is 6.57. The molecule has 0 heterocycles. The minimum atomic E-state index is -0.677. The molecule has 0 aromatic heterocycles. The highest BCUT2D eigenvalue weighted by atomic mass is 16.5. The first-order valence-electron chi connectivity index (χ1n) is 5.40. The Balaban J connectivity index is 3.22. The first kappa shape index (κ1) is 13.8. The molecule has 0 saturated heterocycles. The maximum absolute atomic E-state index is 11.3. The molecule has 0 aliphatic rings. The van der Waals surface area contributed by atoms with Crippen LogP contribution in [0.25, 0.3) is 0 Å². The number of carbonyl (C=O) groups is 1. The van der Waals surface area contributed by atoms with Gasteiger partial charge in [0.05, 0.1) is 20.3 Å². The van der Waals surface area contributed by atoms with Crippen molar-refractivity contribution < 1.29 is 14.3 Å². The van der Waals surface area contributed by atoms with E-state index in [0.717, 1.165) is 0 Å². The number of hydrogen-bond acceptors (Lipinski definition) is 4. The fraction of sp³-hybridized carbons (Fsp3) is 0.385. The molecule has 0 spiro atoms. The number of ether oxygens (including phenoxy) is 2. The van der Waals surface area contributed by atoms with Crippen LogP contribution in [0.2, 0.25) is 0 Å². The molecule has 0 N–H and O–H groups in total. The molecule has 1 aromatic rings. The van der Waals surface area contributed by atoms with Gasteiger partial charge in [-0.2, -0.15) is 5.26 Å². The first-order chi connectivity index (χ1) is 8.54. The molecule has 1 unspecified atom stereocenters. The van der Waals surface area contributed by atoms with E-state index in [2.05, 4.69) is 6.07 Å². The van der Waals surface area contributed by atoms with E-state index < -0.39 is 6.04 Å². The van der Waals surface area contributed by atoms with Gasteiger partial charge in [0.2, 0.25) is 5.91 Å². The highest BCUT2D eigenvalue weighted by Crippen LogP contribution is 2.31. The summed E-state index contributed by atoms with van der Waals surface area (Å²) < 4.78 is 10.3. The normalized spacial score (nSPS) is 11.3. The van der Waals surface area contributed by atoms with E-state index in [1.165, 1.54) is 18.9 Å². The van der Waals surface area contributed by atoms with Crippen LogP contribution in [-0.2, 0) is 4.79 Å². The zero-order chi connectivity index (χ0) is 13.7. The van der Waals surface area contributed by atoms with Gasteiger partial charge in [0, 0.05) is 25.6 Å². The number of nitriles is 1. The van der Waals surface area contributed by atoms with Crippen molar-refractivity contribution in [2.75, 3.05) is 21.3 Å². The van der Waals surface area contributed by atoms with Crippen LogP contribution in [0.3, 0.4) is 0 Å². The SMILES string of the molecule is COc1ccc(C(C#N)N(C)C(C)=O)c(OC)c1. The number of methoxy groups -OCH3 is 2. The Morgan fingerprint density at radius 3 is 2.50 bits per heavy atom. The highest BCUT2D eigenvalue weighted by Gasteiger charge is 2.22. The number of hydrogen-bond donors (Lipinski definition) is 0. The minimum absolute atomic E-state index is 0.181. The second-order valence-electron chi connectivity index (χ2n) is 3.77. The average molecular weight is 248 g/mol. The third-order valence-electron chi connectivity index (χ3n) is 2.74. The lowest BCUT2D eigenvalue weighted by Crippen LogP contribution is -2.28. The average Bonchev–Trinajstić information content (AvgIpc) is 2.39. The molecule has 5 nitrogen and oxygen atoms in total. The Labute approximate surface area is 107 Å². The molecule has 0 aliphatic heterocycles. The van der Waals surface area contributed by atoms with Crippen molar-refractivity contribution in [1.82, 2.24) is 4.90 Å². The Hall–Kier alpha value is -2.22. The molecule has 1 amide bonds. The van der Waals surface area contributed by atoms with Crippen LogP contribution in [0.15, 0.2) is 18.2 Å². The van der Waals surface area contributed by atoms with Gasteiger partial charge in [0.25, 0.3) is 0 Å². The Morgan fingerprint density at radius 2 is 2.06 bits per heavy atom. The summed E-state index contributed by atoms with van der Waals surface area (Å²) in [5.41, 5.74) is 0.638. The first-order valence-corrected chi connectivity index (χ1v) is 5.40. The predicted octanol–water partition coefficient (Wildman–Crippen LogP) is 1.75. The minimum Gasteiger partial charge on any atom is -0.497 e. The zero-order valence-electron chi connectivity index (χ0n) is 10.9. The monoisotopic (exact) mass is 248 g/mol. The van der Waals surface area contributed by atoms with Crippen molar-refractivity contribution in [2.24, 2.45) is 0 Å². The number of nitrogens with zero attached hydrogens (tertiary/aromatic N) is 2. The third-order valence-corrected chi connectivity index (χ3v) is 2.74. The number of carbonyl (C=O) groups excluding carboxylic acids is 1. The van der Waals surface area contributed by atoms with Crippen molar-refractivity contribution in [2.45, 2.75) is 13.0 Å². The van der Waals surface area contributed by atoms with Gasteiger partial charge >= 0.3 is 0 Å². The van der Waals surface area contributed by atoms with Crippen molar-refractivity contribution in [3.05, 3.63) is 23.8 Å². The van der Waals surface area contributed by atoms with E-state index in [1.807, 2.05) is 0 Å². The molecule has 0 bridgehead atoms. The van der Waals surface area contributed by atoms with E-state index >= 15 is 0 Å². The lowest BCUT2D eigenvalue weighted by Gasteiger charge is -2.23. The highest BCUT2D eigenvalue weighted by molar-refractivity contribution is 5.74. The summed E-state index contributed by atoms with van der Waals surface area (Å²) in [5, 5.41) is 9.21. The van der Waals surface area contributed by atoms with E-state index in [4.69, 9.17) is 9.47 Å². The van der Waals surface area contributed by atoms with Gasteiger partial charge in [-0.15, -0.1) is 0 Å². The van der Waals surface area contributed by atoms with Crippen LogP contribution in [0.4, 0.5) is 0 Å². The molecule has 96 valence electrons. The van der Waals surface area contributed by atoms with E-state index in [-0.39, 0.29) is 5.91 Å². The number of rotatable bonds is 4. The molecule has 0 saturated carbocycles. The number of amides is 1. The molecule has 1 aromatic carbocycles. The van der Waals surface area contributed by atoms with Gasteiger partial charge < -0.3 is 14.4 Å². The molecule has 5 heteroatoms. The topological polar surface area (TPSA) is 62.6 Å². The Bertz CT molecular complexity index is 480. The molecule has 1 atom stereocenters. The van der Waals surface area contributed by atoms with Crippen LogP contribution < -0.4 is 9.47 Å². The summed E-state index contributed by atoms with van der Waals surface area (Å²) in [5.74, 6) is 0.978. The quantitative estimate of drug-likeness (QED) is 0.814. The lowest BCUT2D eigenvalue weighted by molar-refractivity contribution is -0.128. The zero-order valence-corrected chi connectivity index (χ0v) is 10.9. The molecule has 0 fully saturated rings. The summed E-state index contributed by atoms with van der Waals surface area (Å²) in [7, 11) is 4.65. The van der Waals surface area contributed by atoms with E-state index in [1.54, 1.807) is 32.4 Å². The third kappa shape index (κ3) is 2.72. The van der Waals surface area contributed by atoms with Gasteiger partial charge in [0.1, 0.15) is 17.5 Å². The number of benzene rings is 1. The summed E-state index contributed by atoms with van der Waals surface area (Å²) in [6.07, 6.45) is 0. The van der Waals surface area contributed by atoms with Crippen molar-refractivity contribution in [3.63, 3.8) is 0 Å².